The molecule has 1 N–H and O–H groups in total. The van der Waals surface area contributed by atoms with E-state index in [1.807, 2.05) is 0 Å². The molecule has 2 unspecified atom stereocenters. The second kappa shape index (κ2) is 4.52. The smallest absolute Gasteiger partial charge is 0.308 e. The van der Waals surface area contributed by atoms with Crippen LogP contribution < -0.4 is 0 Å². The lowest BCUT2D eigenvalue weighted by molar-refractivity contribution is -0.139. The minimum atomic E-state index is -0.615. The van der Waals surface area contributed by atoms with Crippen molar-refractivity contribution < 1.29 is 9.90 Å². The Morgan fingerprint density at radius 1 is 1.33 bits per heavy atom. The first-order valence-corrected chi connectivity index (χ1v) is 6.11. The zero-order valence-corrected chi connectivity index (χ0v) is 9.48. The molecule has 0 aromatic rings. The Morgan fingerprint density at radius 2 is 2.00 bits per heavy atom. The van der Waals surface area contributed by atoms with E-state index >= 15 is 0 Å². The molecule has 0 amide bonds. The normalized spacial score (nSPS) is 31.9. The summed E-state index contributed by atoms with van der Waals surface area (Å²) < 4.78 is 0. The molecule has 86 valence electrons. The van der Waals surface area contributed by atoms with Gasteiger partial charge in [-0.2, -0.15) is 0 Å². The molecule has 0 bridgehead atoms. The van der Waals surface area contributed by atoms with Crippen LogP contribution in [0.25, 0.3) is 0 Å². The van der Waals surface area contributed by atoms with Gasteiger partial charge in [0.05, 0.1) is 5.92 Å². The molecule has 2 saturated carbocycles. The van der Waals surface area contributed by atoms with E-state index < -0.39 is 5.97 Å². The molecule has 0 radical (unpaired) electrons. The summed E-state index contributed by atoms with van der Waals surface area (Å²) >= 11 is 0. The van der Waals surface area contributed by atoms with Crippen LogP contribution in [0, 0.1) is 11.8 Å². The van der Waals surface area contributed by atoms with Gasteiger partial charge < -0.3 is 10.0 Å². The lowest BCUT2D eigenvalue weighted by Crippen LogP contribution is -2.30. The minimum Gasteiger partial charge on any atom is -0.481 e. The number of hydrogen-bond acceptors (Lipinski definition) is 2. The van der Waals surface area contributed by atoms with Crippen LogP contribution >= 0.6 is 0 Å². The van der Waals surface area contributed by atoms with Crippen molar-refractivity contribution in [2.75, 3.05) is 13.6 Å². The third kappa shape index (κ3) is 2.71. The zero-order valence-electron chi connectivity index (χ0n) is 9.48. The van der Waals surface area contributed by atoms with E-state index in [1.54, 1.807) is 0 Å². The van der Waals surface area contributed by atoms with E-state index in [4.69, 9.17) is 5.11 Å². The van der Waals surface area contributed by atoms with Crippen LogP contribution in [-0.2, 0) is 4.79 Å². The maximum absolute atomic E-state index is 10.7. The van der Waals surface area contributed by atoms with Crippen LogP contribution in [0.2, 0.25) is 0 Å². The Labute approximate surface area is 91.5 Å². The van der Waals surface area contributed by atoms with Crippen molar-refractivity contribution in [3.05, 3.63) is 0 Å². The Bertz CT molecular complexity index is 236. The summed E-state index contributed by atoms with van der Waals surface area (Å²) in [6.45, 7) is 1.11. The average Bonchev–Trinajstić information content (AvgIpc) is 2.98. The minimum absolute atomic E-state index is 0.0846. The van der Waals surface area contributed by atoms with Crippen LogP contribution in [0.1, 0.15) is 38.5 Å². The van der Waals surface area contributed by atoms with Gasteiger partial charge in [-0.05, 0) is 32.2 Å². The van der Waals surface area contributed by atoms with Crippen molar-refractivity contribution in [2.45, 2.75) is 44.6 Å². The monoisotopic (exact) mass is 211 g/mol. The van der Waals surface area contributed by atoms with Crippen molar-refractivity contribution in [2.24, 2.45) is 11.8 Å². The molecule has 2 fully saturated rings. The molecule has 3 heteroatoms. The Hall–Kier alpha value is -0.570. The summed E-state index contributed by atoms with van der Waals surface area (Å²) in [7, 11) is 2.09. The van der Waals surface area contributed by atoms with Gasteiger partial charge in [0.1, 0.15) is 0 Å². The van der Waals surface area contributed by atoms with Crippen LogP contribution in [0.5, 0.6) is 0 Å². The van der Waals surface area contributed by atoms with E-state index in [-0.39, 0.29) is 5.92 Å². The van der Waals surface area contributed by atoms with E-state index in [1.165, 1.54) is 32.1 Å². The first kappa shape index (κ1) is 10.9. The fourth-order valence-electron chi connectivity index (χ4n) is 2.85. The summed E-state index contributed by atoms with van der Waals surface area (Å²) in [4.78, 5) is 13.0. The maximum Gasteiger partial charge on any atom is 0.308 e. The summed E-state index contributed by atoms with van der Waals surface area (Å²) in [5.74, 6) is 0.118. The topological polar surface area (TPSA) is 40.5 Å². The molecule has 15 heavy (non-hydrogen) atoms. The number of carboxylic acid groups (broad SMARTS) is 1. The fourth-order valence-corrected chi connectivity index (χ4v) is 2.85. The number of rotatable bonds is 4. The number of hydrogen-bond donors (Lipinski definition) is 1. The molecule has 2 atom stereocenters. The lowest BCUT2D eigenvalue weighted by Gasteiger charge is -2.27. The zero-order chi connectivity index (χ0) is 10.8. The summed E-state index contributed by atoms with van der Waals surface area (Å²) in [5.41, 5.74) is 0. The van der Waals surface area contributed by atoms with Crippen molar-refractivity contribution in [3.8, 4) is 0 Å². The summed E-state index contributed by atoms with van der Waals surface area (Å²) in [5, 5.41) is 8.85. The summed E-state index contributed by atoms with van der Waals surface area (Å²) in [6, 6.07) is 0.324. The van der Waals surface area contributed by atoms with Gasteiger partial charge in [0.25, 0.3) is 0 Å². The molecule has 0 saturated heterocycles. The van der Waals surface area contributed by atoms with Crippen LogP contribution in [0.15, 0.2) is 0 Å². The molecule has 0 aliphatic heterocycles. The second-order valence-corrected chi connectivity index (χ2v) is 5.19. The van der Waals surface area contributed by atoms with Crippen molar-refractivity contribution in [1.29, 1.82) is 0 Å². The number of carboxylic acids is 1. The van der Waals surface area contributed by atoms with Gasteiger partial charge in [0.15, 0.2) is 0 Å². The predicted molar refractivity (Wildman–Crippen MR) is 58.7 cm³/mol. The molecule has 0 spiro atoms. The van der Waals surface area contributed by atoms with Crippen LogP contribution in [0.3, 0.4) is 0 Å². The lowest BCUT2D eigenvalue weighted by atomic mass is 9.89. The highest BCUT2D eigenvalue weighted by Gasteiger charge is 2.45. The first-order chi connectivity index (χ1) is 7.18. The molecular formula is C12H21NO2. The van der Waals surface area contributed by atoms with Gasteiger partial charge in [-0.15, -0.1) is 0 Å². The van der Waals surface area contributed by atoms with Crippen LogP contribution in [0.4, 0.5) is 0 Å². The van der Waals surface area contributed by atoms with Crippen molar-refractivity contribution in [1.82, 2.24) is 4.90 Å². The number of carbonyl (C=O) groups is 1. The highest BCUT2D eigenvalue weighted by molar-refractivity contribution is 5.74. The third-order valence-corrected chi connectivity index (χ3v) is 3.91. The van der Waals surface area contributed by atoms with E-state index in [2.05, 4.69) is 11.9 Å². The van der Waals surface area contributed by atoms with Gasteiger partial charge in [0, 0.05) is 12.6 Å². The van der Waals surface area contributed by atoms with Crippen molar-refractivity contribution in [3.63, 3.8) is 0 Å². The highest BCUT2D eigenvalue weighted by Crippen LogP contribution is 2.36. The molecule has 2 aliphatic rings. The predicted octanol–water partition coefficient (Wildman–Crippen LogP) is 1.97. The summed E-state index contributed by atoms with van der Waals surface area (Å²) in [6.07, 6.45) is 7.67. The third-order valence-electron chi connectivity index (χ3n) is 3.91. The molecule has 0 aromatic heterocycles. The maximum atomic E-state index is 10.7. The second-order valence-electron chi connectivity index (χ2n) is 5.19. The van der Waals surface area contributed by atoms with Crippen molar-refractivity contribution >= 4 is 5.97 Å². The average molecular weight is 211 g/mol. The number of aliphatic carboxylic acids is 1. The fraction of sp³-hybridized carbons (Fsp3) is 0.917. The highest BCUT2D eigenvalue weighted by atomic mass is 16.4. The van der Waals surface area contributed by atoms with E-state index in [0.717, 1.165) is 18.9 Å². The quantitative estimate of drug-likeness (QED) is 0.773. The molecule has 0 aromatic carbocycles. The SMILES string of the molecule is CN(CC1CCCCC1)C1CC1C(=O)O. The van der Waals surface area contributed by atoms with Gasteiger partial charge >= 0.3 is 5.97 Å². The van der Waals surface area contributed by atoms with E-state index in [0.29, 0.717) is 6.04 Å². The Morgan fingerprint density at radius 3 is 2.53 bits per heavy atom. The molecule has 0 heterocycles. The largest absolute Gasteiger partial charge is 0.481 e. The van der Waals surface area contributed by atoms with Gasteiger partial charge in [0.2, 0.25) is 0 Å². The Balaban J connectivity index is 1.73. The standard InChI is InChI=1S/C12H21NO2/c1-13(11-7-10(11)12(14)15)8-9-5-3-2-4-6-9/h9-11H,2-8H2,1H3,(H,14,15). The Kier molecular flexibility index (Phi) is 3.29. The van der Waals surface area contributed by atoms with Crippen LogP contribution in [-0.4, -0.2) is 35.6 Å². The van der Waals surface area contributed by atoms with Gasteiger partial charge in [-0.25, -0.2) is 0 Å². The van der Waals surface area contributed by atoms with Gasteiger partial charge in [-0.1, -0.05) is 19.3 Å². The molecule has 2 rings (SSSR count). The molecule has 3 nitrogen and oxygen atoms in total. The number of nitrogens with zero attached hydrogens (tertiary/aromatic N) is 1. The molecular weight excluding hydrogens is 190 g/mol. The van der Waals surface area contributed by atoms with E-state index in [9.17, 15) is 4.79 Å². The van der Waals surface area contributed by atoms with Gasteiger partial charge in [-0.3, -0.25) is 4.79 Å². The first-order valence-electron chi connectivity index (χ1n) is 6.11. The molecule has 2 aliphatic carbocycles.